The van der Waals surface area contributed by atoms with Gasteiger partial charge in [0, 0.05) is 17.8 Å². The number of aromatic nitrogens is 1. The van der Waals surface area contributed by atoms with Gasteiger partial charge in [-0.25, -0.2) is 13.6 Å². The van der Waals surface area contributed by atoms with Crippen molar-refractivity contribution in [2.75, 3.05) is 17.7 Å². The standard InChI is InChI=1S/C23H27F2N3O4S/c1-5-8-26-21-16(33-4)11-28(23(21,2)3)19-14(24)9-13-18(17(19)25)27(12-6-7-12)10-15(20(13)29)32-22(30)31/h8-10,12,16,21H,5-7,11H2,1-4H3,(H,30,31)/t16-,21+/m0/s1. The quantitative estimate of drug-likeness (QED) is 0.471. The van der Waals surface area contributed by atoms with Crippen LogP contribution in [0.5, 0.6) is 5.75 Å². The number of nitrogens with zero attached hydrogens (tertiary/aromatic N) is 3. The Morgan fingerprint density at radius 1 is 1.39 bits per heavy atom. The SMILES string of the molecule is CCC=N[C@@H]1[C@@H](SC)CN(c2c(F)cc3c(=O)c(OC(=O)O)cn(C4CC4)c3c2F)C1(C)C. The minimum absolute atomic E-state index is 0.0337. The molecule has 0 amide bonds. The molecule has 0 bridgehead atoms. The van der Waals surface area contributed by atoms with E-state index in [9.17, 15) is 9.59 Å². The Bertz CT molecular complexity index is 1190. The van der Waals surface area contributed by atoms with Crippen molar-refractivity contribution in [3.05, 3.63) is 34.1 Å². The highest BCUT2D eigenvalue weighted by atomic mass is 32.2. The second-order valence-corrected chi connectivity index (χ2v) is 10.0. The lowest BCUT2D eigenvalue weighted by atomic mass is 9.95. The molecule has 1 aromatic carbocycles. The van der Waals surface area contributed by atoms with Gasteiger partial charge in [-0.1, -0.05) is 6.92 Å². The summed E-state index contributed by atoms with van der Waals surface area (Å²) in [5.41, 5.74) is -1.76. The van der Waals surface area contributed by atoms with E-state index in [-0.39, 0.29) is 33.9 Å². The van der Waals surface area contributed by atoms with E-state index in [4.69, 9.17) is 10.1 Å². The molecule has 0 unspecified atom stereocenters. The van der Waals surface area contributed by atoms with Crippen LogP contribution in [0.1, 0.15) is 46.1 Å². The molecule has 1 aromatic heterocycles. The number of aliphatic imine (C=N–C) groups is 1. The molecule has 2 aliphatic rings. The van der Waals surface area contributed by atoms with Crippen LogP contribution in [0.4, 0.5) is 19.3 Å². The first-order valence-corrected chi connectivity index (χ1v) is 12.2. The molecule has 178 valence electrons. The zero-order valence-corrected chi connectivity index (χ0v) is 19.8. The molecule has 4 rings (SSSR count). The maximum Gasteiger partial charge on any atom is 0.511 e. The maximum absolute atomic E-state index is 16.1. The average molecular weight is 480 g/mol. The fourth-order valence-corrected chi connectivity index (χ4v) is 5.63. The lowest BCUT2D eigenvalue weighted by Crippen LogP contribution is -2.46. The molecule has 1 saturated carbocycles. The van der Waals surface area contributed by atoms with E-state index in [0.29, 0.717) is 6.54 Å². The van der Waals surface area contributed by atoms with Crippen molar-refractivity contribution in [2.24, 2.45) is 4.99 Å². The number of carbonyl (C=O) groups is 1. The molecule has 1 aliphatic carbocycles. The molecule has 0 radical (unpaired) electrons. The molecule has 33 heavy (non-hydrogen) atoms. The Labute approximate surface area is 194 Å². The van der Waals surface area contributed by atoms with E-state index in [1.165, 1.54) is 10.8 Å². The normalized spacial score (nSPS) is 22.4. The number of carboxylic acid groups (broad SMARTS) is 1. The largest absolute Gasteiger partial charge is 0.511 e. The van der Waals surface area contributed by atoms with Crippen molar-refractivity contribution in [1.29, 1.82) is 0 Å². The van der Waals surface area contributed by atoms with E-state index in [1.54, 1.807) is 16.7 Å². The van der Waals surface area contributed by atoms with Gasteiger partial charge in [0.1, 0.15) is 11.5 Å². The first-order chi connectivity index (χ1) is 15.6. The number of benzene rings is 1. The molecule has 2 atom stereocenters. The van der Waals surface area contributed by atoms with Gasteiger partial charge in [-0.3, -0.25) is 9.79 Å². The van der Waals surface area contributed by atoms with Crippen molar-refractivity contribution < 1.29 is 23.4 Å². The van der Waals surface area contributed by atoms with Crippen LogP contribution in [-0.4, -0.2) is 51.7 Å². The number of thioether (sulfide) groups is 1. The smallest absolute Gasteiger partial charge is 0.449 e. The van der Waals surface area contributed by atoms with Gasteiger partial charge in [0.05, 0.1) is 28.7 Å². The van der Waals surface area contributed by atoms with Gasteiger partial charge >= 0.3 is 6.16 Å². The summed E-state index contributed by atoms with van der Waals surface area (Å²) in [6, 6.07) is 0.722. The Morgan fingerprint density at radius 3 is 2.67 bits per heavy atom. The predicted octanol–water partition coefficient (Wildman–Crippen LogP) is 4.85. The van der Waals surface area contributed by atoms with E-state index in [0.717, 1.165) is 25.3 Å². The molecule has 1 aliphatic heterocycles. The van der Waals surface area contributed by atoms with Crippen LogP contribution in [-0.2, 0) is 0 Å². The lowest BCUT2D eigenvalue weighted by Gasteiger charge is -2.36. The minimum Gasteiger partial charge on any atom is -0.449 e. The highest BCUT2D eigenvalue weighted by Crippen LogP contribution is 2.45. The number of hydrogen-bond acceptors (Lipinski definition) is 6. The summed E-state index contributed by atoms with van der Waals surface area (Å²) in [5, 5.41) is 8.76. The van der Waals surface area contributed by atoms with Crippen LogP contribution < -0.4 is 15.1 Å². The third kappa shape index (κ3) is 3.98. The molecule has 1 saturated heterocycles. The highest BCUT2D eigenvalue weighted by Gasteiger charge is 2.49. The van der Waals surface area contributed by atoms with Crippen molar-refractivity contribution in [3.8, 4) is 5.75 Å². The second kappa shape index (κ2) is 8.62. The monoisotopic (exact) mass is 479 g/mol. The summed E-state index contributed by atoms with van der Waals surface area (Å²) >= 11 is 1.61. The zero-order valence-electron chi connectivity index (χ0n) is 19.0. The Morgan fingerprint density at radius 2 is 2.09 bits per heavy atom. The third-order valence-corrected chi connectivity index (χ3v) is 7.46. The van der Waals surface area contributed by atoms with Gasteiger partial charge in [0.15, 0.2) is 11.6 Å². The first-order valence-electron chi connectivity index (χ1n) is 10.9. The molecular formula is C23H27F2N3O4S. The summed E-state index contributed by atoms with van der Waals surface area (Å²) in [7, 11) is 0. The van der Waals surface area contributed by atoms with Crippen molar-refractivity contribution in [3.63, 3.8) is 0 Å². The Balaban J connectivity index is 1.93. The highest BCUT2D eigenvalue weighted by molar-refractivity contribution is 7.99. The van der Waals surface area contributed by atoms with Crippen LogP contribution in [0.2, 0.25) is 0 Å². The van der Waals surface area contributed by atoms with Crippen LogP contribution in [0.15, 0.2) is 22.1 Å². The molecule has 1 N–H and O–H groups in total. The predicted molar refractivity (Wildman–Crippen MR) is 126 cm³/mol. The van der Waals surface area contributed by atoms with Gasteiger partial charge < -0.3 is 19.3 Å². The number of ether oxygens (including phenoxy) is 1. The van der Waals surface area contributed by atoms with Gasteiger partial charge in [-0.15, -0.1) is 0 Å². The molecule has 2 fully saturated rings. The third-order valence-electron chi connectivity index (χ3n) is 6.44. The maximum atomic E-state index is 16.1. The van der Waals surface area contributed by atoms with Crippen LogP contribution >= 0.6 is 11.8 Å². The minimum atomic E-state index is -1.66. The van der Waals surface area contributed by atoms with Crippen molar-refractivity contribution >= 4 is 40.7 Å². The molecule has 7 nitrogen and oxygen atoms in total. The lowest BCUT2D eigenvalue weighted by molar-refractivity contribution is 0.143. The van der Waals surface area contributed by atoms with Gasteiger partial charge in [0.25, 0.3) is 0 Å². The number of halogens is 2. The fraction of sp³-hybridized carbons (Fsp3) is 0.522. The number of fused-ring (bicyclic) bond motifs is 1. The van der Waals surface area contributed by atoms with Crippen LogP contribution in [0, 0.1) is 11.6 Å². The summed E-state index contributed by atoms with van der Waals surface area (Å²) in [4.78, 5) is 30.2. The molecular weight excluding hydrogens is 452 g/mol. The van der Waals surface area contributed by atoms with E-state index in [1.807, 2.05) is 33.2 Å². The van der Waals surface area contributed by atoms with Crippen molar-refractivity contribution in [1.82, 2.24) is 4.57 Å². The van der Waals surface area contributed by atoms with Gasteiger partial charge in [0.2, 0.25) is 5.43 Å². The molecule has 10 heteroatoms. The summed E-state index contributed by atoms with van der Waals surface area (Å²) in [5.74, 6) is -2.17. The number of anilines is 1. The van der Waals surface area contributed by atoms with E-state index >= 15 is 8.78 Å². The molecule has 0 spiro atoms. The van der Waals surface area contributed by atoms with Crippen LogP contribution in [0.25, 0.3) is 10.9 Å². The first kappa shape index (κ1) is 23.5. The van der Waals surface area contributed by atoms with Crippen molar-refractivity contribution in [2.45, 2.75) is 62.9 Å². The molecule has 2 aromatic rings. The van der Waals surface area contributed by atoms with Crippen LogP contribution in [0.3, 0.4) is 0 Å². The summed E-state index contributed by atoms with van der Waals surface area (Å²) in [6.07, 6.45) is 5.60. The number of rotatable bonds is 6. The summed E-state index contributed by atoms with van der Waals surface area (Å²) < 4.78 is 37.7. The summed E-state index contributed by atoms with van der Waals surface area (Å²) in [6.45, 7) is 6.22. The fourth-order valence-electron chi connectivity index (χ4n) is 4.67. The second-order valence-electron chi connectivity index (χ2n) is 8.97. The Hall–Kier alpha value is -2.62. The van der Waals surface area contributed by atoms with Gasteiger partial charge in [-0.05, 0) is 51.6 Å². The average Bonchev–Trinajstić information content (AvgIpc) is 3.55. The number of hydrogen-bond donors (Lipinski definition) is 1. The van der Waals surface area contributed by atoms with Gasteiger partial charge in [-0.2, -0.15) is 11.8 Å². The Kier molecular flexibility index (Phi) is 6.15. The topological polar surface area (TPSA) is 84.1 Å². The zero-order chi connectivity index (χ0) is 24.1. The number of pyridine rings is 1. The van der Waals surface area contributed by atoms with E-state index in [2.05, 4.69) is 4.74 Å². The molecule has 2 heterocycles. The van der Waals surface area contributed by atoms with E-state index < -0.39 is 34.5 Å².